The van der Waals surface area contributed by atoms with E-state index in [0.29, 0.717) is 18.7 Å². The molecule has 0 unspecified atom stereocenters. The fraction of sp³-hybridized carbons (Fsp3) is 0.867. The van der Waals surface area contributed by atoms with Crippen LogP contribution in [0.1, 0.15) is 51.9 Å². The van der Waals surface area contributed by atoms with Crippen LogP contribution in [0.4, 0.5) is 0 Å². The van der Waals surface area contributed by atoms with E-state index in [9.17, 15) is 9.59 Å². The summed E-state index contributed by atoms with van der Waals surface area (Å²) in [5, 5.41) is 0. The second-order valence-electron chi connectivity index (χ2n) is 5.34. The van der Waals surface area contributed by atoms with Gasteiger partial charge in [0.15, 0.2) is 0 Å². The summed E-state index contributed by atoms with van der Waals surface area (Å²) in [5.74, 6) is 0.328. The summed E-state index contributed by atoms with van der Waals surface area (Å²) in [4.78, 5) is 26.6. The van der Waals surface area contributed by atoms with Crippen molar-refractivity contribution < 1.29 is 9.59 Å². The molecule has 0 spiro atoms. The lowest BCUT2D eigenvalue weighted by Crippen LogP contribution is -2.48. The normalized spacial score (nSPS) is 16.6. The highest BCUT2D eigenvalue weighted by Crippen LogP contribution is 2.08. The lowest BCUT2D eigenvalue weighted by Gasteiger charge is -2.34. The second-order valence-corrected chi connectivity index (χ2v) is 5.34. The topological polar surface area (TPSA) is 40.6 Å². The molecule has 1 aliphatic rings. The first kappa shape index (κ1) is 16.2. The zero-order chi connectivity index (χ0) is 13.9. The van der Waals surface area contributed by atoms with Gasteiger partial charge in [-0.05, 0) is 25.8 Å². The van der Waals surface area contributed by atoms with E-state index in [4.69, 9.17) is 0 Å². The third kappa shape index (κ3) is 6.71. The van der Waals surface area contributed by atoms with Crippen LogP contribution in [0, 0.1) is 0 Å². The van der Waals surface area contributed by atoms with Crippen LogP contribution in [-0.2, 0) is 9.59 Å². The Morgan fingerprint density at radius 2 is 1.79 bits per heavy atom. The smallest absolute Gasteiger partial charge is 0.222 e. The molecule has 1 aliphatic heterocycles. The lowest BCUT2D eigenvalue weighted by atomic mass is 10.1. The third-order valence-corrected chi connectivity index (χ3v) is 3.77. The van der Waals surface area contributed by atoms with E-state index in [0.717, 1.165) is 64.7 Å². The second kappa shape index (κ2) is 9.96. The zero-order valence-electron chi connectivity index (χ0n) is 12.3. The van der Waals surface area contributed by atoms with E-state index in [2.05, 4.69) is 11.8 Å². The molecule has 1 saturated heterocycles. The average molecular weight is 268 g/mol. The minimum absolute atomic E-state index is 0.328. The Balaban J connectivity index is 2.10. The monoisotopic (exact) mass is 268 g/mol. The Bertz CT molecular complexity index is 261. The van der Waals surface area contributed by atoms with Gasteiger partial charge >= 0.3 is 0 Å². The Labute approximate surface area is 117 Å². The Morgan fingerprint density at radius 1 is 1.05 bits per heavy atom. The first-order valence-electron chi connectivity index (χ1n) is 7.71. The zero-order valence-corrected chi connectivity index (χ0v) is 12.3. The van der Waals surface area contributed by atoms with Gasteiger partial charge in [-0.25, -0.2) is 0 Å². The Kier molecular flexibility index (Phi) is 8.47. The predicted octanol–water partition coefficient (Wildman–Crippen LogP) is 2.08. The fourth-order valence-electron chi connectivity index (χ4n) is 2.47. The highest BCUT2D eigenvalue weighted by atomic mass is 16.2. The summed E-state index contributed by atoms with van der Waals surface area (Å²) in [6, 6.07) is 0. The largest absolute Gasteiger partial charge is 0.340 e. The van der Waals surface area contributed by atoms with Gasteiger partial charge in [0.2, 0.25) is 5.91 Å². The molecule has 0 saturated carbocycles. The first-order valence-corrected chi connectivity index (χ1v) is 7.71. The van der Waals surface area contributed by atoms with Crippen molar-refractivity contribution in [2.75, 3.05) is 32.7 Å². The number of carbonyl (C=O) groups is 2. The number of piperazine rings is 1. The van der Waals surface area contributed by atoms with Crippen molar-refractivity contribution in [1.29, 1.82) is 0 Å². The minimum atomic E-state index is 0.328. The minimum Gasteiger partial charge on any atom is -0.340 e. The number of aldehydes is 1. The van der Waals surface area contributed by atoms with Crippen molar-refractivity contribution in [2.24, 2.45) is 0 Å². The van der Waals surface area contributed by atoms with Crippen LogP contribution in [0.3, 0.4) is 0 Å². The molecule has 0 aliphatic carbocycles. The lowest BCUT2D eigenvalue weighted by molar-refractivity contribution is -0.133. The van der Waals surface area contributed by atoms with Gasteiger partial charge in [-0.1, -0.05) is 19.8 Å². The van der Waals surface area contributed by atoms with E-state index >= 15 is 0 Å². The van der Waals surface area contributed by atoms with Crippen LogP contribution in [0.25, 0.3) is 0 Å². The van der Waals surface area contributed by atoms with Crippen LogP contribution >= 0.6 is 0 Å². The van der Waals surface area contributed by atoms with Crippen molar-refractivity contribution in [3.05, 3.63) is 0 Å². The summed E-state index contributed by atoms with van der Waals surface area (Å²) in [5.41, 5.74) is 0. The van der Waals surface area contributed by atoms with Crippen molar-refractivity contribution in [3.8, 4) is 0 Å². The average Bonchev–Trinajstić information content (AvgIpc) is 2.44. The SMILES string of the molecule is CCCCCC(=O)N1CCN(CCCCC=O)CC1. The van der Waals surface area contributed by atoms with Gasteiger partial charge in [0.25, 0.3) is 0 Å². The van der Waals surface area contributed by atoms with Crippen LogP contribution in [-0.4, -0.2) is 54.7 Å². The summed E-state index contributed by atoms with van der Waals surface area (Å²) in [6.07, 6.45) is 7.81. The number of nitrogens with zero attached hydrogens (tertiary/aromatic N) is 2. The molecule has 0 bridgehead atoms. The molecule has 0 aromatic carbocycles. The van der Waals surface area contributed by atoms with Crippen LogP contribution in [0.5, 0.6) is 0 Å². The van der Waals surface area contributed by atoms with E-state index in [1.807, 2.05) is 4.90 Å². The summed E-state index contributed by atoms with van der Waals surface area (Å²) in [7, 11) is 0. The quantitative estimate of drug-likeness (QED) is 0.475. The predicted molar refractivity (Wildman–Crippen MR) is 77.1 cm³/mol. The maximum absolute atomic E-state index is 11.9. The molecule has 0 aromatic rings. The van der Waals surface area contributed by atoms with Gasteiger partial charge in [0.05, 0.1) is 0 Å². The van der Waals surface area contributed by atoms with E-state index in [1.165, 1.54) is 6.42 Å². The Morgan fingerprint density at radius 3 is 2.42 bits per heavy atom. The standard InChI is InChI=1S/C15H28N2O2/c1-2-3-5-8-15(19)17-12-10-16(11-13-17)9-6-4-7-14-18/h14H,2-13H2,1H3. The van der Waals surface area contributed by atoms with Crippen molar-refractivity contribution in [3.63, 3.8) is 0 Å². The molecule has 0 N–H and O–H groups in total. The van der Waals surface area contributed by atoms with Gasteiger partial charge in [0, 0.05) is 39.0 Å². The van der Waals surface area contributed by atoms with Gasteiger partial charge in [-0.3, -0.25) is 9.69 Å². The summed E-state index contributed by atoms with van der Waals surface area (Å²) in [6.45, 7) is 6.94. The Hall–Kier alpha value is -0.900. The molecule has 19 heavy (non-hydrogen) atoms. The molecular formula is C15H28N2O2. The number of hydrogen-bond donors (Lipinski definition) is 0. The fourth-order valence-corrected chi connectivity index (χ4v) is 2.47. The van der Waals surface area contributed by atoms with Gasteiger partial charge < -0.3 is 9.69 Å². The molecule has 0 radical (unpaired) electrons. The van der Waals surface area contributed by atoms with Gasteiger partial charge in [-0.2, -0.15) is 0 Å². The molecule has 0 aromatic heterocycles. The molecule has 0 atom stereocenters. The summed E-state index contributed by atoms with van der Waals surface area (Å²) < 4.78 is 0. The molecule has 4 nitrogen and oxygen atoms in total. The molecule has 110 valence electrons. The van der Waals surface area contributed by atoms with Crippen molar-refractivity contribution in [2.45, 2.75) is 51.9 Å². The highest BCUT2D eigenvalue weighted by Gasteiger charge is 2.19. The molecule has 1 rings (SSSR count). The van der Waals surface area contributed by atoms with E-state index in [-0.39, 0.29) is 0 Å². The number of amides is 1. The number of rotatable bonds is 9. The van der Waals surface area contributed by atoms with E-state index in [1.54, 1.807) is 0 Å². The van der Waals surface area contributed by atoms with Crippen molar-refractivity contribution in [1.82, 2.24) is 9.80 Å². The van der Waals surface area contributed by atoms with E-state index < -0.39 is 0 Å². The van der Waals surface area contributed by atoms with Crippen LogP contribution in [0.15, 0.2) is 0 Å². The van der Waals surface area contributed by atoms with Gasteiger partial charge in [0.1, 0.15) is 6.29 Å². The van der Waals surface area contributed by atoms with Crippen LogP contribution in [0.2, 0.25) is 0 Å². The number of hydrogen-bond acceptors (Lipinski definition) is 3. The molecule has 1 heterocycles. The summed E-state index contributed by atoms with van der Waals surface area (Å²) >= 11 is 0. The maximum Gasteiger partial charge on any atom is 0.222 e. The molecule has 4 heteroatoms. The first-order chi connectivity index (χ1) is 9.27. The highest BCUT2D eigenvalue weighted by molar-refractivity contribution is 5.76. The van der Waals surface area contributed by atoms with Gasteiger partial charge in [-0.15, -0.1) is 0 Å². The molecule has 1 fully saturated rings. The molecular weight excluding hydrogens is 240 g/mol. The maximum atomic E-state index is 11.9. The number of carbonyl (C=O) groups excluding carboxylic acids is 2. The third-order valence-electron chi connectivity index (χ3n) is 3.77. The number of unbranched alkanes of at least 4 members (excludes halogenated alkanes) is 4. The molecule has 1 amide bonds. The van der Waals surface area contributed by atoms with Crippen LogP contribution < -0.4 is 0 Å². The van der Waals surface area contributed by atoms with Crippen molar-refractivity contribution >= 4 is 12.2 Å².